The van der Waals surface area contributed by atoms with E-state index in [4.69, 9.17) is 23.1 Å². The first-order chi connectivity index (χ1) is 15.9. The third-order valence-electron chi connectivity index (χ3n) is 6.21. The molecule has 0 unspecified atom stereocenters. The number of benzene rings is 3. The van der Waals surface area contributed by atoms with Crippen LogP contribution in [0.3, 0.4) is 0 Å². The lowest BCUT2D eigenvalue weighted by Crippen LogP contribution is -2.68. The zero-order valence-electron chi connectivity index (χ0n) is 17.8. The molecule has 0 spiro atoms. The van der Waals surface area contributed by atoms with Crippen LogP contribution in [0.5, 0.6) is 0 Å². The molecule has 0 radical (unpaired) electrons. The first-order valence-corrected chi connectivity index (χ1v) is 12.0. The molecule has 0 atom stereocenters. The summed E-state index contributed by atoms with van der Waals surface area (Å²) >= 11 is 0. The van der Waals surface area contributed by atoms with Gasteiger partial charge in [-0.2, -0.15) is 0 Å². The highest BCUT2D eigenvalue weighted by atomic mass is 35.7. The van der Waals surface area contributed by atoms with Crippen LogP contribution in [0.4, 0.5) is 0 Å². The van der Waals surface area contributed by atoms with Crippen molar-refractivity contribution in [1.82, 2.24) is 0 Å². The molecule has 1 aromatic heterocycles. The summed E-state index contributed by atoms with van der Waals surface area (Å²) in [5.74, 6) is 2.21. The molecule has 3 aromatic carbocycles. The number of rotatable bonds is 1. The van der Waals surface area contributed by atoms with Gasteiger partial charge < -0.3 is 0 Å². The Labute approximate surface area is 193 Å². The van der Waals surface area contributed by atoms with Crippen molar-refractivity contribution in [2.24, 2.45) is 0 Å². The molecule has 0 bridgehead atoms. The summed E-state index contributed by atoms with van der Waals surface area (Å²) in [5.41, 5.74) is 10.8. The lowest BCUT2D eigenvalue weighted by Gasteiger charge is -2.22. The van der Waals surface area contributed by atoms with Crippen LogP contribution in [0, 0.1) is 10.2 Å². The summed E-state index contributed by atoms with van der Waals surface area (Å²) in [5, 5.41) is 0. The Morgan fingerprint density at radius 2 is 1.12 bits per heavy atom. The van der Waals surface area contributed by atoms with Crippen molar-refractivity contribution in [3.8, 4) is 33.6 Å². The Balaban J connectivity index is 0.000000416. The molecule has 6 heteroatoms. The number of hydrogen-bond donors (Lipinski definition) is 0. The highest BCUT2D eigenvalue weighted by Gasteiger charge is 2.37. The van der Waals surface area contributed by atoms with Gasteiger partial charge in [-0.1, -0.05) is 72.8 Å². The number of halogens is 1. The third kappa shape index (κ3) is 4.42. The van der Waals surface area contributed by atoms with Crippen LogP contribution in [-0.4, -0.2) is 0 Å². The minimum Gasteiger partial charge on any atom is -0.222 e. The first-order valence-electron chi connectivity index (χ1n) is 10.8. The summed E-state index contributed by atoms with van der Waals surface area (Å²) in [4.78, 5) is 0. The molecule has 4 aromatic rings. The van der Waals surface area contributed by atoms with Gasteiger partial charge in [0, 0.05) is 5.56 Å². The van der Waals surface area contributed by atoms with E-state index in [0.29, 0.717) is 0 Å². The van der Waals surface area contributed by atoms with Gasteiger partial charge in [0.1, 0.15) is 0 Å². The van der Waals surface area contributed by atoms with E-state index >= 15 is 0 Å². The van der Waals surface area contributed by atoms with Crippen LogP contribution < -0.4 is 18.6 Å². The largest absolute Gasteiger partial charge is 0.364 e. The Morgan fingerprint density at radius 3 is 1.82 bits per heavy atom. The van der Waals surface area contributed by atoms with E-state index < -0.39 is 10.2 Å². The van der Waals surface area contributed by atoms with Gasteiger partial charge in [0.25, 0.3) is 0 Å². The maximum absolute atomic E-state index is 8.49. The fraction of sp³-hybridized carbons (Fsp3) is 0.148. The highest BCUT2D eigenvalue weighted by Crippen LogP contribution is 2.48. The van der Waals surface area contributed by atoms with Crippen LogP contribution in [0.25, 0.3) is 33.6 Å². The molecule has 0 amide bonds. The van der Waals surface area contributed by atoms with Gasteiger partial charge >= 0.3 is 11.5 Å². The summed E-state index contributed by atoms with van der Waals surface area (Å²) in [6.07, 6.45) is 4.09. The van der Waals surface area contributed by atoms with Crippen LogP contribution in [0.2, 0.25) is 0 Å². The van der Waals surface area contributed by atoms with Crippen molar-refractivity contribution in [2.45, 2.75) is 25.7 Å². The Kier molecular flexibility index (Phi) is 5.74. The number of aryl methyl sites for hydroxylation is 3. The molecular weight excluding hydrogens is 440 g/mol. The van der Waals surface area contributed by atoms with Crippen molar-refractivity contribution < 1.29 is 33.3 Å². The molecule has 0 fully saturated rings. The average Bonchev–Trinajstić information content (AvgIpc) is 2.82. The normalized spacial score (nSPS) is 13.6. The van der Waals surface area contributed by atoms with Gasteiger partial charge in [-0.05, 0) is 47.6 Å². The van der Waals surface area contributed by atoms with Gasteiger partial charge in [0.05, 0.1) is 23.1 Å². The van der Waals surface area contributed by atoms with E-state index in [1.807, 2.05) is 0 Å². The predicted molar refractivity (Wildman–Crippen MR) is 114 cm³/mol. The monoisotopic (exact) mass is 460 g/mol. The summed E-state index contributed by atoms with van der Waals surface area (Å²) in [6.45, 7) is 0. The Hall–Kier alpha value is -3.06. The lowest BCUT2D eigenvalue weighted by atomic mass is 9.79. The molecule has 0 N–H and O–H groups in total. The quantitative estimate of drug-likeness (QED) is 0.404. The zero-order chi connectivity index (χ0) is 23.0. The van der Waals surface area contributed by atoms with E-state index in [0.717, 1.165) is 37.2 Å². The molecule has 33 heavy (non-hydrogen) atoms. The molecule has 2 aliphatic rings. The van der Waals surface area contributed by atoms with Gasteiger partial charge in [-0.3, -0.25) is 0 Å². The van der Waals surface area contributed by atoms with Crippen LogP contribution in [-0.2, 0) is 25.7 Å². The van der Waals surface area contributed by atoms with Gasteiger partial charge in [0.15, 0.2) is 0 Å². The first kappa shape index (κ1) is 21.8. The third-order valence-corrected chi connectivity index (χ3v) is 6.21. The van der Waals surface area contributed by atoms with Crippen molar-refractivity contribution in [1.29, 1.82) is 0 Å². The Morgan fingerprint density at radius 1 is 0.576 bits per heavy atom. The van der Waals surface area contributed by atoms with Crippen molar-refractivity contribution in [3.63, 3.8) is 0 Å². The highest BCUT2D eigenvalue weighted by molar-refractivity contribution is 5.92. The fourth-order valence-corrected chi connectivity index (χ4v) is 4.93. The van der Waals surface area contributed by atoms with E-state index in [1.54, 1.807) is 0 Å². The second-order valence-corrected chi connectivity index (χ2v) is 8.90. The van der Waals surface area contributed by atoms with E-state index in [2.05, 4.69) is 78.9 Å². The molecule has 0 saturated heterocycles. The van der Waals surface area contributed by atoms with Gasteiger partial charge in [0.2, 0.25) is 0 Å². The molecule has 0 saturated carbocycles. The zero-order valence-corrected chi connectivity index (χ0v) is 18.5. The maximum atomic E-state index is 8.49. The van der Waals surface area contributed by atoms with Crippen molar-refractivity contribution in [2.75, 3.05) is 0 Å². The maximum Gasteiger partial charge on any atom is 0.364 e. The molecule has 0 aliphatic heterocycles. The van der Waals surface area contributed by atoms with Crippen LogP contribution >= 0.6 is 0 Å². The second kappa shape index (κ2) is 8.71. The SMILES string of the molecule is [O-][Cl+3]([O-])([O-])[O-].c1ccc(-c2c3c([o+]c4c2-c2ccccc2CC4)-c2ccccc2CC3)cc1. The minimum absolute atomic E-state index is 0.960. The molecule has 166 valence electrons. The topological polar surface area (TPSA) is 104 Å². The van der Waals surface area contributed by atoms with Crippen molar-refractivity contribution >= 4 is 0 Å². The lowest BCUT2D eigenvalue weighted by molar-refractivity contribution is -2.00. The van der Waals surface area contributed by atoms with Crippen molar-refractivity contribution in [3.05, 3.63) is 101 Å². The Bertz CT molecular complexity index is 1310. The summed E-state index contributed by atoms with van der Waals surface area (Å²) < 4.78 is 40.6. The smallest absolute Gasteiger partial charge is 0.222 e. The molecule has 1 heterocycles. The standard InChI is InChI=1S/C27H21O.ClHO4/c1-2-10-20(11-3-1)25-23-16-14-19-9-5-7-13-22(19)27(23)28-24-17-15-18-8-4-6-12-21(18)26(24)25;2-1(3,4)5/h1-13H,14-17H2;(H,2,3,4,5)/q+1;/p-1. The predicted octanol–water partition coefficient (Wildman–Crippen LogP) is 2.00. The van der Waals surface area contributed by atoms with E-state index in [-0.39, 0.29) is 0 Å². The van der Waals surface area contributed by atoms with Crippen LogP contribution in [0.1, 0.15) is 22.5 Å². The van der Waals surface area contributed by atoms with E-state index in [1.165, 1.54) is 44.5 Å². The second-order valence-electron chi connectivity index (χ2n) is 8.14. The molecule has 5 nitrogen and oxygen atoms in total. The van der Waals surface area contributed by atoms with Gasteiger partial charge in [-0.25, -0.2) is 23.1 Å². The molecule has 2 aliphatic carbocycles. The average molecular weight is 461 g/mol. The molecule has 6 rings (SSSR count). The minimum atomic E-state index is -4.94. The molecular formula is C27H21ClO5. The number of hydrogen-bond acceptors (Lipinski definition) is 4. The van der Waals surface area contributed by atoms with Gasteiger partial charge in [-0.15, -0.1) is 10.2 Å². The number of fused-ring (bicyclic) bond motifs is 6. The summed E-state index contributed by atoms with van der Waals surface area (Å²) in [7, 11) is -4.94. The fourth-order valence-electron chi connectivity index (χ4n) is 4.93. The summed E-state index contributed by atoms with van der Waals surface area (Å²) in [6, 6.07) is 28.4. The van der Waals surface area contributed by atoms with Crippen LogP contribution in [0.15, 0.2) is 83.3 Å². The van der Waals surface area contributed by atoms with E-state index in [9.17, 15) is 0 Å².